The van der Waals surface area contributed by atoms with Gasteiger partial charge >= 0.3 is 6.09 Å². The lowest BCUT2D eigenvalue weighted by atomic mass is 10.1. The van der Waals surface area contributed by atoms with Crippen molar-refractivity contribution in [2.75, 3.05) is 6.61 Å². The molecule has 1 rings (SSSR count). The van der Waals surface area contributed by atoms with E-state index in [1.54, 1.807) is 0 Å². The van der Waals surface area contributed by atoms with Gasteiger partial charge in [0.05, 0.1) is 0 Å². The first-order chi connectivity index (χ1) is 7.13. The average Bonchev–Trinajstić information content (AvgIpc) is 2.16. The van der Waals surface area contributed by atoms with E-state index in [1.807, 2.05) is 24.3 Å². The van der Waals surface area contributed by atoms with Crippen LogP contribution in [0.1, 0.15) is 18.1 Å². The molecule has 15 heavy (non-hydrogen) atoms. The summed E-state index contributed by atoms with van der Waals surface area (Å²) in [5.74, 6) is 0. The van der Waals surface area contributed by atoms with Gasteiger partial charge in [-0.15, -0.1) is 0 Å². The number of hydrogen-bond acceptors (Lipinski definition) is 3. The number of rotatable bonds is 4. The lowest BCUT2D eigenvalue weighted by Gasteiger charge is -2.15. The van der Waals surface area contributed by atoms with E-state index in [0.717, 1.165) is 9.13 Å². The monoisotopic (exact) mass is 321 g/mol. The fraction of sp³-hybridized carbons (Fsp3) is 0.300. The third kappa shape index (κ3) is 4.05. The number of ether oxygens (including phenoxy) is 1. The maximum atomic E-state index is 10.7. The van der Waals surface area contributed by atoms with Gasteiger partial charge in [-0.2, -0.15) is 0 Å². The largest absolute Gasteiger partial charge is 0.441 e. The van der Waals surface area contributed by atoms with Gasteiger partial charge in [-0.3, -0.25) is 0 Å². The van der Waals surface area contributed by atoms with Crippen LogP contribution in [-0.4, -0.2) is 17.8 Å². The van der Waals surface area contributed by atoms with Crippen LogP contribution in [0, 0.1) is 3.57 Å². The molecular formula is C10H12INO3. The van der Waals surface area contributed by atoms with Crippen molar-refractivity contribution in [3.63, 3.8) is 0 Å². The van der Waals surface area contributed by atoms with Crippen LogP contribution in [-0.2, 0) is 4.74 Å². The molecule has 0 bridgehead atoms. The Hall–Kier alpha value is -0.820. The first kappa shape index (κ1) is 12.3. The first-order valence-electron chi connectivity index (χ1n) is 4.46. The molecule has 0 radical (unpaired) electrons. The highest BCUT2D eigenvalue weighted by Crippen LogP contribution is 2.22. The van der Waals surface area contributed by atoms with E-state index in [1.165, 1.54) is 0 Å². The summed E-state index contributed by atoms with van der Waals surface area (Å²) in [6.45, 7) is -0.0522. The molecule has 1 amide bonds. The third-order valence-corrected chi connectivity index (χ3v) is 2.54. The Morgan fingerprint density at radius 3 is 2.87 bits per heavy atom. The highest BCUT2D eigenvalue weighted by molar-refractivity contribution is 14.1. The van der Waals surface area contributed by atoms with E-state index in [4.69, 9.17) is 15.6 Å². The minimum atomic E-state index is -0.827. The molecule has 1 atom stereocenters. The number of carbonyl (C=O) groups excluding carboxylic acids is 1. The van der Waals surface area contributed by atoms with Crippen molar-refractivity contribution < 1.29 is 14.6 Å². The molecule has 0 heterocycles. The first-order valence-corrected chi connectivity index (χ1v) is 5.53. The molecular weight excluding hydrogens is 309 g/mol. The predicted octanol–water partition coefficient (Wildman–Crippen LogP) is 1.81. The van der Waals surface area contributed by atoms with Crippen LogP contribution in [0.4, 0.5) is 4.79 Å². The number of carbonyl (C=O) groups is 1. The number of amides is 1. The number of aliphatic hydroxyl groups is 1. The minimum absolute atomic E-state index is 0.0522. The van der Waals surface area contributed by atoms with Crippen LogP contribution >= 0.6 is 22.6 Å². The number of nitrogens with two attached hydrogens (primary N) is 1. The molecule has 1 aromatic carbocycles. The summed E-state index contributed by atoms with van der Waals surface area (Å²) in [7, 11) is 0. The fourth-order valence-corrected chi connectivity index (χ4v) is 1.83. The summed E-state index contributed by atoms with van der Waals surface area (Å²) in [6, 6.07) is 7.53. The quantitative estimate of drug-likeness (QED) is 0.831. The molecule has 5 heteroatoms. The molecule has 1 aromatic rings. The van der Waals surface area contributed by atoms with Crippen molar-refractivity contribution in [2.24, 2.45) is 5.73 Å². The summed E-state index contributed by atoms with van der Waals surface area (Å²) in [5, 5.41) is 8.85. The smallest absolute Gasteiger partial charge is 0.405 e. The van der Waals surface area contributed by atoms with Crippen molar-refractivity contribution in [3.05, 3.63) is 33.4 Å². The molecule has 0 aromatic heterocycles. The maximum absolute atomic E-state index is 10.7. The average molecular weight is 321 g/mol. The second-order valence-corrected chi connectivity index (χ2v) is 4.24. The lowest BCUT2D eigenvalue weighted by molar-refractivity contribution is 0.0877. The summed E-state index contributed by atoms with van der Waals surface area (Å²) >= 11 is 2.17. The molecule has 0 aliphatic rings. The normalized spacial score (nSPS) is 12.1. The Bertz CT molecular complexity index is 343. The standard InChI is InChI=1S/C10H12INO3/c11-8-3-1-2-7(6-8)9(4-5-13)15-10(12)14/h1-3,6,9,13H,4-5H2,(H2,12,14)/t9-/m1/s1. The summed E-state index contributed by atoms with van der Waals surface area (Å²) in [5.41, 5.74) is 5.80. The van der Waals surface area contributed by atoms with E-state index in [9.17, 15) is 4.79 Å². The molecule has 3 N–H and O–H groups in total. The lowest BCUT2D eigenvalue weighted by Crippen LogP contribution is -2.18. The molecule has 0 unspecified atom stereocenters. The Labute approximate surface area is 102 Å². The van der Waals surface area contributed by atoms with Crippen LogP contribution in [0.5, 0.6) is 0 Å². The van der Waals surface area contributed by atoms with Crippen molar-refractivity contribution in [1.82, 2.24) is 0 Å². The minimum Gasteiger partial charge on any atom is -0.441 e. The number of halogens is 1. The zero-order valence-corrected chi connectivity index (χ0v) is 10.2. The Morgan fingerprint density at radius 1 is 1.60 bits per heavy atom. The maximum Gasteiger partial charge on any atom is 0.405 e. The number of hydrogen-bond donors (Lipinski definition) is 2. The van der Waals surface area contributed by atoms with Crippen LogP contribution in [0.15, 0.2) is 24.3 Å². The summed E-state index contributed by atoms with van der Waals surface area (Å²) < 4.78 is 5.95. The molecule has 0 fully saturated rings. The zero-order valence-electron chi connectivity index (χ0n) is 8.02. The number of primary amides is 1. The van der Waals surface area contributed by atoms with Gasteiger partial charge in [0.25, 0.3) is 0 Å². The van der Waals surface area contributed by atoms with Crippen LogP contribution < -0.4 is 5.73 Å². The number of aliphatic hydroxyl groups excluding tert-OH is 1. The Morgan fingerprint density at radius 2 is 2.33 bits per heavy atom. The van der Waals surface area contributed by atoms with Gasteiger partial charge in [-0.1, -0.05) is 12.1 Å². The van der Waals surface area contributed by atoms with Gasteiger partial charge in [0.15, 0.2) is 0 Å². The van der Waals surface area contributed by atoms with Crippen molar-refractivity contribution in [2.45, 2.75) is 12.5 Å². The van der Waals surface area contributed by atoms with E-state index in [2.05, 4.69) is 22.6 Å². The van der Waals surface area contributed by atoms with Crippen LogP contribution in [0.2, 0.25) is 0 Å². The Kier molecular flexibility index (Phi) is 4.83. The van der Waals surface area contributed by atoms with Crippen LogP contribution in [0.25, 0.3) is 0 Å². The molecule has 0 aliphatic carbocycles. The second kappa shape index (κ2) is 5.92. The zero-order chi connectivity index (χ0) is 11.3. The van der Waals surface area contributed by atoms with E-state index < -0.39 is 12.2 Å². The van der Waals surface area contributed by atoms with Gasteiger partial charge in [0.1, 0.15) is 6.10 Å². The van der Waals surface area contributed by atoms with Crippen LogP contribution in [0.3, 0.4) is 0 Å². The molecule has 0 saturated carbocycles. The SMILES string of the molecule is NC(=O)O[C@H](CCO)c1cccc(I)c1. The van der Waals surface area contributed by atoms with Gasteiger partial charge in [0.2, 0.25) is 0 Å². The second-order valence-electron chi connectivity index (χ2n) is 2.99. The van der Waals surface area contributed by atoms with E-state index >= 15 is 0 Å². The van der Waals surface area contributed by atoms with E-state index in [-0.39, 0.29) is 6.61 Å². The molecule has 0 aliphatic heterocycles. The molecule has 4 nitrogen and oxygen atoms in total. The summed E-state index contributed by atoms with van der Waals surface area (Å²) in [6.07, 6.45) is -0.947. The summed E-state index contributed by atoms with van der Waals surface area (Å²) in [4.78, 5) is 10.7. The van der Waals surface area contributed by atoms with Crippen molar-refractivity contribution in [1.29, 1.82) is 0 Å². The van der Waals surface area contributed by atoms with E-state index in [0.29, 0.717) is 6.42 Å². The number of benzene rings is 1. The van der Waals surface area contributed by atoms with Gasteiger partial charge in [-0.05, 0) is 40.3 Å². The Balaban J connectivity index is 2.83. The molecule has 0 spiro atoms. The van der Waals surface area contributed by atoms with Crippen molar-refractivity contribution in [3.8, 4) is 0 Å². The molecule has 0 saturated heterocycles. The topological polar surface area (TPSA) is 72.6 Å². The van der Waals surface area contributed by atoms with Gasteiger partial charge in [-0.25, -0.2) is 4.79 Å². The van der Waals surface area contributed by atoms with Crippen molar-refractivity contribution >= 4 is 28.7 Å². The highest BCUT2D eigenvalue weighted by Gasteiger charge is 2.14. The van der Waals surface area contributed by atoms with Gasteiger partial charge < -0.3 is 15.6 Å². The molecule has 82 valence electrons. The third-order valence-electron chi connectivity index (χ3n) is 1.87. The van der Waals surface area contributed by atoms with Gasteiger partial charge in [0, 0.05) is 16.6 Å². The highest BCUT2D eigenvalue weighted by atomic mass is 127. The fourth-order valence-electron chi connectivity index (χ4n) is 1.26. The predicted molar refractivity (Wildman–Crippen MR) is 64.3 cm³/mol.